The van der Waals surface area contributed by atoms with Gasteiger partial charge in [-0.15, -0.1) is 0 Å². The fourth-order valence-electron chi connectivity index (χ4n) is 1.89. The number of fused-ring (bicyclic) bond motifs is 2. The van der Waals surface area contributed by atoms with E-state index in [0.29, 0.717) is 0 Å². The zero-order valence-corrected chi connectivity index (χ0v) is 10.8. The topological polar surface area (TPSA) is 38.4 Å². The minimum absolute atomic E-state index is 0.460. The smallest absolute Gasteiger partial charge is 0.101 e. The number of rotatable bonds is 0. The highest BCUT2D eigenvalue weighted by Gasteiger charge is 2.12. The van der Waals surface area contributed by atoms with Gasteiger partial charge in [-0.2, -0.15) is 0 Å². The van der Waals surface area contributed by atoms with Gasteiger partial charge >= 0.3 is 0 Å². The fourth-order valence-corrected chi connectivity index (χ4v) is 3.90. The summed E-state index contributed by atoms with van der Waals surface area (Å²) in [5.41, 5.74) is 8.78. The van der Waals surface area contributed by atoms with E-state index in [1.54, 1.807) is 0 Å². The molecule has 0 saturated heterocycles. The SMILES string of the molecule is Cc1ccc2c(c1N)=Nc1ccccc1S=2Cl. The summed E-state index contributed by atoms with van der Waals surface area (Å²) in [5, 5.41) is 0.835. The first-order valence-electron chi connectivity index (χ1n) is 5.29. The van der Waals surface area contributed by atoms with Crippen molar-refractivity contribution in [2.24, 2.45) is 4.99 Å². The van der Waals surface area contributed by atoms with Crippen molar-refractivity contribution in [1.82, 2.24) is 0 Å². The van der Waals surface area contributed by atoms with E-state index < -0.39 is 9.70 Å². The lowest BCUT2D eigenvalue weighted by Crippen LogP contribution is -2.13. The van der Waals surface area contributed by atoms with Gasteiger partial charge < -0.3 is 5.73 Å². The van der Waals surface area contributed by atoms with Gasteiger partial charge in [0, 0.05) is 9.41 Å². The largest absolute Gasteiger partial charge is 0.397 e. The Morgan fingerprint density at radius 1 is 1.18 bits per heavy atom. The molecule has 1 unspecified atom stereocenters. The van der Waals surface area contributed by atoms with Crippen LogP contribution in [-0.4, -0.2) is 0 Å². The number of para-hydroxylation sites is 1. The molecule has 3 rings (SSSR count). The van der Waals surface area contributed by atoms with Crippen molar-refractivity contribution in [2.45, 2.75) is 11.8 Å². The maximum absolute atomic E-state index is 6.51. The van der Waals surface area contributed by atoms with E-state index >= 15 is 0 Å². The molecule has 1 atom stereocenters. The zero-order valence-electron chi connectivity index (χ0n) is 9.27. The highest BCUT2D eigenvalue weighted by molar-refractivity contribution is 8.29. The summed E-state index contributed by atoms with van der Waals surface area (Å²) < 4.78 is 1.02. The van der Waals surface area contributed by atoms with Crippen molar-refractivity contribution in [3.05, 3.63) is 51.8 Å². The Bertz CT molecular complexity index is 738. The van der Waals surface area contributed by atoms with Crippen LogP contribution in [0.3, 0.4) is 0 Å². The van der Waals surface area contributed by atoms with Crippen LogP contribution in [0.2, 0.25) is 0 Å². The maximum atomic E-state index is 6.51. The van der Waals surface area contributed by atoms with Gasteiger partial charge in [0.05, 0.1) is 11.4 Å². The zero-order chi connectivity index (χ0) is 12.0. The summed E-state index contributed by atoms with van der Waals surface area (Å²) in [6.45, 7) is 1.98. The molecule has 0 bridgehead atoms. The van der Waals surface area contributed by atoms with Crippen LogP contribution >= 0.6 is 20.4 Å². The number of benzene rings is 2. The van der Waals surface area contributed by atoms with Crippen molar-refractivity contribution in [1.29, 1.82) is 0 Å². The van der Waals surface area contributed by atoms with Crippen molar-refractivity contribution < 1.29 is 0 Å². The molecule has 2 aromatic rings. The van der Waals surface area contributed by atoms with Crippen LogP contribution < -0.4 is 11.1 Å². The van der Waals surface area contributed by atoms with Gasteiger partial charge in [-0.1, -0.05) is 27.9 Å². The van der Waals surface area contributed by atoms with E-state index in [9.17, 15) is 0 Å². The third kappa shape index (κ3) is 1.58. The quantitative estimate of drug-likeness (QED) is 0.572. The predicted octanol–water partition coefficient (Wildman–Crippen LogP) is 3.57. The van der Waals surface area contributed by atoms with Crippen molar-refractivity contribution >= 4 is 31.8 Å². The first-order valence-corrected chi connectivity index (χ1v) is 7.34. The second-order valence-electron chi connectivity index (χ2n) is 3.98. The summed E-state index contributed by atoms with van der Waals surface area (Å²) in [6, 6.07) is 12.0. The lowest BCUT2D eigenvalue weighted by molar-refractivity contribution is 1.24. The molecule has 0 saturated carbocycles. The van der Waals surface area contributed by atoms with Gasteiger partial charge in [0.2, 0.25) is 0 Å². The Morgan fingerprint density at radius 2 is 1.94 bits per heavy atom. The first-order chi connectivity index (χ1) is 8.18. The molecule has 1 heterocycles. The summed E-state index contributed by atoms with van der Waals surface area (Å²) in [6.07, 6.45) is 0. The minimum Gasteiger partial charge on any atom is -0.397 e. The third-order valence-corrected chi connectivity index (χ3v) is 5.33. The molecule has 1 aliphatic heterocycles. The van der Waals surface area contributed by atoms with Gasteiger partial charge in [-0.25, -0.2) is 4.99 Å². The highest BCUT2D eigenvalue weighted by atomic mass is 35.7. The number of halogens is 1. The highest BCUT2D eigenvalue weighted by Crippen LogP contribution is 2.42. The van der Waals surface area contributed by atoms with Crippen molar-refractivity contribution in [3.8, 4) is 0 Å². The fraction of sp³-hybridized carbons (Fsp3) is 0.0769. The van der Waals surface area contributed by atoms with Gasteiger partial charge in [0.25, 0.3) is 0 Å². The van der Waals surface area contributed by atoms with Crippen LogP contribution in [0.25, 0.3) is 0 Å². The van der Waals surface area contributed by atoms with Crippen molar-refractivity contribution in [2.75, 3.05) is 5.73 Å². The molecule has 2 nitrogen and oxygen atoms in total. The van der Waals surface area contributed by atoms with Crippen LogP contribution in [0, 0.1) is 11.4 Å². The molecule has 86 valence electrons. The standard InChI is InChI=1S/C13H11ClN2S/c1-8-6-7-11-13(12(8)15)16-9-4-2-3-5-10(9)17(11)14/h2-7H,15H2,1H3. The predicted molar refractivity (Wildman–Crippen MR) is 73.4 cm³/mol. The monoisotopic (exact) mass is 262 g/mol. The van der Waals surface area contributed by atoms with Crippen LogP contribution in [0.1, 0.15) is 5.56 Å². The van der Waals surface area contributed by atoms with E-state index in [0.717, 1.165) is 31.7 Å². The third-order valence-electron chi connectivity index (χ3n) is 2.88. The Morgan fingerprint density at radius 3 is 2.76 bits per heavy atom. The summed E-state index contributed by atoms with van der Waals surface area (Å²) in [7, 11) is 6.05. The van der Waals surface area contributed by atoms with Gasteiger partial charge in [-0.05, 0) is 41.4 Å². The average Bonchev–Trinajstić information content (AvgIpc) is 2.35. The van der Waals surface area contributed by atoms with E-state index in [4.69, 9.17) is 16.4 Å². The van der Waals surface area contributed by atoms with Crippen LogP contribution in [0.4, 0.5) is 11.4 Å². The normalized spacial score (nSPS) is 16.9. The number of anilines is 1. The van der Waals surface area contributed by atoms with Gasteiger partial charge in [-0.3, -0.25) is 0 Å². The number of hydrogen-bond donors (Lipinski definition) is 1. The number of hydrogen-bond acceptors (Lipinski definition) is 2. The Hall–Kier alpha value is -1.32. The molecule has 0 spiro atoms. The molecule has 2 aromatic carbocycles. The van der Waals surface area contributed by atoms with E-state index in [1.165, 1.54) is 0 Å². The summed E-state index contributed by atoms with van der Waals surface area (Å²) in [5.74, 6) is 0. The number of aryl methyl sites for hydroxylation is 1. The molecular weight excluding hydrogens is 252 g/mol. The molecule has 1 aliphatic rings. The first kappa shape index (κ1) is 10.8. The molecule has 4 heteroatoms. The van der Waals surface area contributed by atoms with E-state index in [2.05, 4.69) is 4.99 Å². The van der Waals surface area contributed by atoms with Crippen LogP contribution in [-0.2, 0) is 0 Å². The number of nitrogens with two attached hydrogens (primary N) is 1. The van der Waals surface area contributed by atoms with E-state index in [-0.39, 0.29) is 0 Å². The molecule has 2 N–H and O–H groups in total. The maximum Gasteiger partial charge on any atom is 0.101 e. The Labute approximate surface area is 106 Å². The lowest BCUT2D eigenvalue weighted by Gasteiger charge is -2.12. The lowest BCUT2D eigenvalue weighted by atomic mass is 10.2. The Kier molecular flexibility index (Phi) is 2.45. The second kappa shape index (κ2) is 3.86. The van der Waals surface area contributed by atoms with Gasteiger partial charge in [0.15, 0.2) is 0 Å². The number of nitrogens with zero attached hydrogens (tertiary/aromatic N) is 1. The second-order valence-corrected chi connectivity index (χ2v) is 6.30. The van der Waals surface area contributed by atoms with Crippen LogP contribution in [0.5, 0.6) is 0 Å². The van der Waals surface area contributed by atoms with Crippen molar-refractivity contribution in [3.63, 3.8) is 0 Å². The molecule has 0 aromatic heterocycles. The minimum atomic E-state index is -0.460. The molecule has 0 fully saturated rings. The number of nitrogen functional groups attached to an aromatic ring is 1. The molecule has 0 radical (unpaired) electrons. The summed E-state index contributed by atoms with van der Waals surface area (Å²) >= 11 is 0. The van der Waals surface area contributed by atoms with E-state index in [1.807, 2.05) is 43.3 Å². The molecule has 0 aliphatic carbocycles. The van der Waals surface area contributed by atoms with Crippen LogP contribution in [0.15, 0.2) is 46.3 Å². The molecule has 0 amide bonds. The Balaban J connectivity index is 2.51. The molecular formula is C13H11ClN2S. The molecule has 17 heavy (non-hydrogen) atoms. The van der Waals surface area contributed by atoms with Gasteiger partial charge in [0.1, 0.15) is 5.36 Å². The summed E-state index contributed by atoms with van der Waals surface area (Å²) in [4.78, 5) is 5.69. The average molecular weight is 263 g/mol.